The van der Waals surface area contributed by atoms with Crippen molar-refractivity contribution < 1.29 is 19.4 Å². The molecule has 1 heterocycles. The lowest BCUT2D eigenvalue weighted by Gasteiger charge is -2.23. The molecule has 2 N–H and O–H groups in total. The zero-order valence-electron chi connectivity index (χ0n) is 16.0. The van der Waals surface area contributed by atoms with E-state index in [4.69, 9.17) is 22.1 Å². The summed E-state index contributed by atoms with van der Waals surface area (Å²) in [5.41, 5.74) is 1.24. The number of aliphatic carboxylic acids is 1. The Labute approximate surface area is 171 Å². The van der Waals surface area contributed by atoms with E-state index in [0.29, 0.717) is 44.1 Å². The van der Waals surface area contributed by atoms with Crippen molar-refractivity contribution in [2.45, 2.75) is 44.6 Å². The van der Waals surface area contributed by atoms with Crippen molar-refractivity contribution in [1.29, 1.82) is 0 Å². The summed E-state index contributed by atoms with van der Waals surface area (Å²) in [5.74, 6) is -0.666. The van der Waals surface area contributed by atoms with E-state index in [0.717, 1.165) is 12.8 Å². The Balaban J connectivity index is 1.65. The Bertz CT molecular complexity index is 678. The lowest BCUT2D eigenvalue weighted by atomic mass is 10.1. The van der Waals surface area contributed by atoms with Crippen molar-refractivity contribution in [3.63, 3.8) is 0 Å². The molecule has 6 nitrogen and oxygen atoms in total. The minimum Gasteiger partial charge on any atom is -0.481 e. The number of allylic oxidation sites excluding steroid dienone is 1. The van der Waals surface area contributed by atoms with Gasteiger partial charge in [0.15, 0.2) is 0 Å². The van der Waals surface area contributed by atoms with Gasteiger partial charge in [-0.25, -0.2) is 0 Å². The van der Waals surface area contributed by atoms with E-state index in [2.05, 4.69) is 17.4 Å². The molecule has 1 aromatic rings. The molecule has 0 spiro atoms. The maximum Gasteiger partial charge on any atom is 0.303 e. The number of hydrogen-bond donors (Lipinski definition) is 2. The molecule has 0 aromatic heterocycles. The highest BCUT2D eigenvalue weighted by Crippen LogP contribution is 2.19. The fraction of sp³-hybridized carbons (Fsp3) is 0.476. The van der Waals surface area contributed by atoms with Crippen LogP contribution in [-0.4, -0.2) is 52.8 Å². The quantitative estimate of drug-likeness (QED) is 0.335. The molecule has 0 aliphatic carbocycles. The van der Waals surface area contributed by atoms with Crippen LogP contribution in [0.15, 0.2) is 42.5 Å². The van der Waals surface area contributed by atoms with Crippen LogP contribution in [0.5, 0.6) is 0 Å². The molecule has 152 valence electrons. The van der Waals surface area contributed by atoms with Gasteiger partial charge in [-0.3, -0.25) is 9.59 Å². The monoisotopic (exact) mass is 404 g/mol. The number of rotatable bonds is 11. The van der Waals surface area contributed by atoms with E-state index in [1.165, 1.54) is 5.56 Å². The van der Waals surface area contributed by atoms with E-state index in [-0.39, 0.29) is 18.4 Å². The molecule has 0 radical (unpaired) electrons. The first kappa shape index (κ1) is 21.9. The first-order valence-corrected chi connectivity index (χ1v) is 10.1. The van der Waals surface area contributed by atoms with Gasteiger partial charge in [-0.1, -0.05) is 42.5 Å². The van der Waals surface area contributed by atoms with Crippen molar-refractivity contribution in [3.05, 3.63) is 48.0 Å². The van der Waals surface area contributed by atoms with Crippen molar-refractivity contribution in [3.8, 4) is 0 Å². The molecule has 1 atom stereocenters. The zero-order chi connectivity index (χ0) is 20.2. The Morgan fingerprint density at radius 1 is 1.32 bits per heavy atom. The topological polar surface area (TPSA) is 78.9 Å². The van der Waals surface area contributed by atoms with E-state index < -0.39 is 5.97 Å². The van der Waals surface area contributed by atoms with Gasteiger partial charge in [0.25, 0.3) is 5.17 Å². The number of nitrogens with one attached hydrogen (secondary N) is 1. The summed E-state index contributed by atoms with van der Waals surface area (Å²) in [5, 5.41) is 12.1. The molecular formula is C21H28N2O4S. The van der Waals surface area contributed by atoms with Crippen molar-refractivity contribution in [2.24, 2.45) is 0 Å². The Morgan fingerprint density at radius 2 is 2.11 bits per heavy atom. The third-order valence-electron chi connectivity index (χ3n) is 4.62. The summed E-state index contributed by atoms with van der Waals surface area (Å²) in [6, 6.07) is 10.2. The van der Waals surface area contributed by atoms with Crippen LogP contribution in [0.1, 0.15) is 37.7 Å². The van der Waals surface area contributed by atoms with E-state index in [1.807, 2.05) is 30.4 Å². The first-order chi connectivity index (χ1) is 13.6. The van der Waals surface area contributed by atoms with Crippen LogP contribution in [0.4, 0.5) is 0 Å². The average molecular weight is 405 g/mol. The van der Waals surface area contributed by atoms with Crippen molar-refractivity contribution in [1.82, 2.24) is 10.2 Å². The third kappa shape index (κ3) is 8.08. The number of carbonyl (C=O) groups is 2. The summed E-state index contributed by atoms with van der Waals surface area (Å²) in [6.07, 6.45) is 7.48. The molecule has 1 aliphatic heterocycles. The fourth-order valence-corrected chi connectivity index (χ4v) is 3.24. The summed E-state index contributed by atoms with van der Waals surface area (Å²) in [4.78, 5) is 24.4. The second kappa shape index (κ2) is 12.1. The minimum absolute atomic E-state index is 0.0186. The number of ether oxygens (including phenoxy) is 1. The maximum absolute atomic E-state index is 12.1. The summed E-state index contributed by atoms with van der Waals surface area (Å²) >= 11 is 5.23. The van der Waals surface area contributed by atoms with Crippen LogP contribution >= 0.6 is 12.2 Å². The number of thiocarbonyl (C=S) groups is 1. The molecule has 1 aliphatic rings. The van der Waals surface area contributed by atoms with Gasteiger partial charge in [0.2, 0.25) is 5.91 Å². The SMILES string of the molecule is O=C(O)CCCC=CCN1C(=O)CC[C@@H]1COC(=S)NCCc1ccccc1. The molecule has 0 bridgehead atoms. The van der Waals surface area contributed by atoms with Gasteiger partial charge in [-0.05, 0) is 43.5 Å². The fourth-order valence-electron chi connectivity index (χ4n) is 3.07. The second-order valence-electron chi connectivity index (χ2n) is 6.76. The minimum atomic E-state index is -0.784. The largest absolute Gasteiger partial charge is 0.481 e. The summed E-state index contributed by atoms with van der Waals surface area (Å²) in [7, 11) is 0. The lowest BCUT2D eigenvalue weighted by molar-refractivity contribution is -0.137. The Morgan fingerprint density at radius 3 is 2.86 bits per heavy atom. The summed E-state index contributed by atoms with van der Waals surface area (Å²) in [6.45, 7) is 1.61. The van der Waals surface area contributed by atoms with E-state index in [9.17, 15) is 9.59 Å². The lowest BCUT2D eigenvalue weighted by Crippen LogP contribution is -2.38. The number of hydrogen-bond acceptors (Lipinski definition) is 4. The number of benzene rings is 1. The van der Waals surface area contributed by atoms with Crippen molar-refractivity contribution >= 4 is 29.3 Å². The highest BCUT2D eigenvalue weighted by molar-refractivity contribution is 7.80. The van der Waals surface area contributed by atoms with Gasteiger partial charge >= 0.3 is 5.97 Å². The van der Waals surface area contributed by atoms with Gasteiger partial charge in [0.05, 0.1) is 6.04 Å². The first-order valence-electron chi connectivity index (χ1n) is 9.67. The normalized spacial score (nSPS) is 16.5. The highest BCUT2D eigenvalue weighted by atomic mass is 32.1. The molecule has 0 unspecified atom stereocenters. The van der Waals surface area contributed by atoms with Crippen LogP contribution in [0.25, 0.3) is 0 Å². The number of amides is 1. The predicted octanol–water partition coefficient (Wildman–Crippen LogP) is 2.92. The van der Waals surface area contributed by atoms with Crippen LogP contribution in [0.2, 0.25) is 0 Å². The van der Waals surface area contributed by atoms with Gasteiger partial charge in [0.1, 0.15) is 6.61 Å². The zero-order valence-corrected chi connectivity index (χ0v) is 16.8. The Hall–Kier alpha value is -2.41. The molecule has 7 heteroatoms. The molecule has 1 aromatic carbocycles. The van der Waals surface area contributed by atoms with Crippen LogP contribution in [-0.2, 0) is 20.7 Å². The van der Waals surface area contributed by atoms with Gasteiger partial charge in [-0.2, -0.15) is 0 Å². The molecule has 1 saturated heterocycles. The highest BCUT2D eigenvalue weighted by Gasteiger charge is 2.30. The Kier molecular flexibility index (Phi) is 9.48. The number of nitrogens with zero attached hydrogens (tertiary/aromatic N) is 1. The molecule has 1 fully saturated rings. The maximum atomic E-state index is 12.1. The van der Waals surface area contributed by atoms with E-state index >= 15 is 0 Å². The standard InChI is InChI=1S/C21H28N2O4S/c24-19-12-11-18(23(19)15-7-2-1-6-10-20(25)26)16-27-21(28)22-14-13-17-8-4-3-5-9-17/h2-5,7-9,18H,1,6,10-16H2,(H,22,28)(H,25,26)/t18-/m1/s1. The smallest absolute Gasteiger partial charge is 0.303 e. The second-order valence-corrected chi connectivity index (χ2v) is 7.13. The molecular weight excluding hydrogens is 376 g/mol. The van der Waals surface area contributed by atoms with Crippen LogP contribution in [0, 0.1) is 0 Å². The van der Waals surface area contributed by atoms with Gasteiger partial charge in [0, 0.05) is 25.9 Å². The molecule has 2 rings (SSSR count). The molecule has 28 heavy (non-hydrogen) atoms. The van der Waals surface area contributed by atoms with Crippen LogP contribution < -0.4 is 5.32 Å². The number of unbranched alkanes of at least 4 members (excludes halogenated alkanes) is 1. The molecule has 0 saturated carbocycles. The summed E-state index contributed by atoms with van der Waals surface area (Å²) < 4.78 is 5.65. The number of carbonyl (C=O) groups excluding carboxylic acids is 1. The van der Waals surface area contributed by atoms with Gasteiger partial charge in [-0.15, -0.1) is 0 Å². The van der Waals surface area contributed by atoms with Crippen LogP contribution in [0.3, 0.4) is 0 Å². The number of carboxylic acids is 1. The van der Waals surface area contributed by atoms with Gasteiger partial charge < -0.3 is 20.1 Å². The number of carboxylic acid groups (broad SMARTS) is 1. The average Bonchev–Trinajstić information content (AvgIpc) is 3.03. The van der Waals surface area contributed by atoms with E-state index in [1.54, 1.807) is 4.90 Å². The number of likely N-dealkylation sites (tertiary alicyclic amines) is 1. The predicted molar refractivity (Wildman–Crippen MR) is 112 cm³/mol. The van der Waals surface area contributed by atoms with Crippen molar-refractivity contribution in [2.75, 3.05) is 19.7 Å². The molecule has 1 amide bonds. The third-order valence-corrected chi connectivity index (χ3v) is 4.88.